The highest BCUT2D eigenvalue weighted by Gasteiger charge is 2.18. The average molecular weight is 277 g/mol. The molecular weight excluding hydrogens is 268 g/mol. The molecule has 76 valence electrons. The minimum absolute atomic E-state index is 0.00698. The van der Waals surface area contributed by atoms with E-state index in [0.717, 1.165) is 0 Å². The monoisotopic (exact) mass is 276 g/mol. The Bertz CT molecular complexity index is 321. The van der Waals surface area contributed by atoms with Gasteiger partial charge in [-0.15, -0.1) is 11.3 Å². The minimum Gasteiger partial charge on any atom is -0.481 e. The lowest BCUT2D eigenvalue weighted by molar-refractivity contribution is -0.137. The highest BCUT2D eigenvalue weighted by atomic mass is 79.9. The lowest BCUT2D eigenvalue weighted by Gasteiger charge is -2.04. The van der Waals surface area contributed by atoms with Crippen molar-refractivity contribution in [2.24, 2.45) is 0 Å². The summed E-state index contributed by atoms with van der Waals surface area (Å²) in [6, 6.07) is 3.54. The zero-order chi connectivity index (χ0) is 10.6. The Morgan fingerprint density at radius 1 is 1.57 bits per heavy atom. The Labute approximate surface area is 93.9 Å². The van der Waals surface area contributed by atoms with Crippen LogP contribution in [0.2, 0.25) is 0 Å². The number of ketones is 1. The first kappa shape index (κ1) is 11.4. The largest absolute Gasteiger partial charge is 0.481 e. The van der Waals surface area contributed by atoms with Gasteiger partial charge in [0.25, 0.3) is 0 Å². The molecule has 0 bridgehead atoms. The Balaban J connectivity index is 2.49. The third kappa shape index (κ3) is 3.23. The first-order valence-corrected chi connectivity index (χ1v) is 5.84. The lowest BCUT2D eigenvalue weighted by atomic mass is 10.1. The molecule has 0 saturated heterocycles. The quantitative estimate of drug-likeness (QED) is 0.664. The zero-order valence-electron chi connectivity index (χ0n) is 7.27. The van der Waals surface area contributed by atoms with Crippen molar-refractivity contribution in [1.82, 2.24) is 0 Å². The van der Waals surface area contributed by atoms with Crippen molar-refractivity contribution in [2.45, 2.75) is 17.7 Å². The van der Waals surface area contributed by atoms with Gasteiger partial charge >= 0.3 is 5.97 Å². The van der Waals surface area contributed by atoms with E-state index in [9.17, 15) is 9.59 Å². The Morgan fingerprint density at radius 3 is 2.79 bits per heavy atom. The van der Waals surface area contributed by atoms with Crippen molar-refractivity contribution in [1.29, 1.82) is 0 Å². The molecule has 0 radical (unpaired) electrons. The van der Waals surface area contributed by atoms with Crippen LogP contribution in [0, 0.1) is 0 Å². The van der Waals surface area contributed by atoms with E-state index >= 15 is 0 Å². The number of carbonyl (C=O) groups is 2. The van der Waals surface area contributed by atoms with Crippen LogP contribution in [0.15, 0.2) is 17.5 Å². The predicted octanol–water partition coefficient (Wildman–Crippen LogP) is 2.56. The summed E-state index contributed by atoms with van der Waals surface area (Å²) in [4.78, 5) is 22.1. The van der Waals surface area contributed by atoms with Gasteiger partial charge < -0.3 is 5.11 Å². The van der Waals surface area contributed by atoms with Crippen LogP contribution >= 0.6 is 27.3 Å². The first-order chi connectivity index (χ1) is 6.61. The number of carboxylic acid groups (broad SMARTS) is 1. The van der Waals surface area contributed by atoms with Crippen molar-refractivity contribution < 1.29 is 14.7 Å². The minimum atomic E-state index is -0.881. The van der Waals surface area contributed by atoms with E-state index in [1.54, 1.807) is 12.1 Å². The number of hydrogen-bond acceptors (Lipinski definition) is 3. The van der Waals surface area contributed by atoms with E-state index in [1.165, 1.54) is 11.3 Å². The normalized spacial score (nSPS) is 12.4. The number of hydrogen-bond donors (Lipinski definition) is 1. The van der Waals surface area contributed by atoms with Crippen LogP contribution in [0.4, 0.5) is 0 Å². The van der Waals surface area contributed by atoms with Crippen LogP contribution in [-0.4, -0.2) is 21.7 Å². The molecule has 0 amide bonds. The van der Waals surface area contributed by atoms with Gasteiger partial charge in [-0.1, -0.05) is 22.0 Å². The van der Waals surface area contributed by atoms with Gasteiger partial charge in [-0.25, -0.2) is 0 Å². The molecule has 1 atom stereocenters. The molecule has 1 aromatic rings. The number of thiophene rings is 1. The molecule has 3 nitrogen and oxygen atoms in total. The van der Waals surface area contributed by atoms with Gasteiger partial charge in [0.1, 0.15) is 0 Å². The van der Waals surface area contributed by atoms with Gasteiger partial charge in [0.15, 0.2) is 5.78 Å². The van der Waals surface area contributed by atoms with Crippen molar-refractivity contribution in [3.05, 3.63) is 22.4 Å². The van der Waals surface area contributed by atoms with E-state index in [2.05, 4.69) is 15.9 Å². The van der Waals surface area contributed by atoms with Crippen LogP contribution in [0.5, 0.6) is 0 Å². The molecule has 5 heteroatoms. The summed E-state index contributed by atoms with van der Waals surface area (Å²) in [7, 11) is 0. The van der Waals surface area contributed by atoms with E-state index in [-0.39, 0.29) is 12.2 Å². The maximum Gasteiger partial charge on any atom is 0.303 e. The second kappa shape index (κ2) is 5.26. The number of aliphatic carboxylic acids is 1. The maximum absolute atomic E-state index is 11.6. The predicted molar refractivity (Wildman–Crippen MR) is 58.2 cm³/mol. The van der Waals surface area contributed by atoms with Crippen LogP contribution in [0.1, 0.15) is 22.5 Å². The van der Waals surface area contributed by atoms with Crippen LogP contribution in [0.25, 0.3) is 0 Å². The van der Waals surface area contributed by atoms with E-state index in [0.29, 0.717) is 11.3 Å². The summed E-state index contributed by atoms with van der Waals surface area (Å²) in [5.74, 6) is -0.922. The number of carbonyl (C=O) groups excluding carboxylic acids is 1. The molecule has 1 N–H and O–H groups in total. The number of alkyl halides is 1. The van der Waals surface area contributed by atoms with E-state index in [1.807, 2.05) is 5.38 Å². The molecule has 0 aromatic carbocycles. The van der Waals surface area contributed by atoms with E-state index < -0.39 is 10.8 Å². The molecule has 14 heavy (non-hydrogen) atoms. The molecule has 0 aliphatic rings. The van der Waals surface area contributed by atoms with Gasteiger partial charge in [0.2, 0.25) is 0 Å². The molecule has 1 aromatic heterocycles. The summed E-state index contributed by atoms with van der Waals surface area (Å²) < 4.78 is 0. The summed E-state index contributed by atoms with van der Waals surface area (Å²) in [5.41, 5.74) is 0. The van der Waals surface area contributed by atoms with Crippen LogP contribution in [0.3, 0.4) is 0 Å². The third-order valence-electron chi connectivity index (χ3n) is 1.66. The lowest BCUT2D eigenvalue weighted by Crippen LogP contribution is -2.14. The summed E-state index contributed by atoms with van der Waals surface area (Å²) >= 11 is 4.55. The van der Waals surface area contributed by atoms with Gasteiger partial charge in [0, 0.05) is 6.42 Å². The second-order valence-electron chi connectivity index (χ2n) is 2.74. The third-order valence-corrected chi connectivity index (χ3v) is 3.42. The number of rotatable bonds is 5. The summed E-state index contributed by atoms with van der Waals surface area (Å²) in [5, 5.41) is 10.3. The molecule has 1 rings (SSSR count). The first-order valence-electron chi connectivity index (χ1n) is 4.05. The molecule has 1 heterocycles. The number of Topliss-reactive ketones (excluding diaryl/α,β-unsaturated/α-hetero) is 1. The smallest absolute Gasteiger partial charge is 0.303 e. The van der Waals surface area contributed by atoms with Crippen molar-refractivity contribution >= 4 is 39.0 Å². The van der Waals surface area contributed by atoms with Gasteiger partial charge in [-0.05, 0) is 17.9 Å². The molecular formula is C9H9BrO3S. The SMILES string of the molecule is O=C(O)CCC(Br)C(=O)c1cccs1. The van der Waals surface area contributed by atoms with Gasteiger partial charge in [0.05, 0.1) is 9.70 Å². The highest BCUT2D eigenvalue weighted by molar-refractivity contribution is 9.10. The Kier molecular flexibility index (Phi) is 4.28. The molecule has 0 aliphatic carbocycles. The van der Waals surface area contributed by atoms with Crippen molar-refractivity contribution in [3.8, 4) is 0 Å². The van der Waals surface area contributed by atoms with Crippen LogP contribution < -0.4 is 0 Å². The Hall–Kier alpha value is -0.680. The molecule has 0 saturated carbocycles. The zero-order valence-corrected chi connectivity index (χ0v) is 9.68. The second-order valence-corrected chi connectivity index (χ2v) is 4.79. The average Bonchev–Trinajstić information content (AvgIpc) is 2.65. The van der Waals surface area contributed by atoms with Crippen molar-refractivity contribution in [3.63, 3.8) is 0 Å². The molecule has 0 fully saturated rings. The standard InChI is InChI=1S/C9H9BrO3S/c10-6(3-4-8(11)12)9(13)7-2-1-5-14-7/h1-2,5-6H,3-4H2,(H,11,12). The number of halogens is 1. The molecule has 0 aliphatic heterocycles. The number of carboxylic acids is 1. The molecule has 0 spiro atoms. The fourth-order valence-electron chi connectivity index (χ4n) is 0.954. The van der Waals surface area contributed by atoms with Gasteiger partial charge in [-0.3, -0.25) is 9.59 Å². The van der Waals surface area contributed by atoms with E-state index in [4.69, 9.17) is 5.11 Å². The fourth-order valence-corrected chi connectivity index (χ4v) is 2.30. The maximum atomic E-state index is 11.6. The summed E-state index contributed by atoms with van der Waals surface area (Å²) in [6.07, 6.45) is 0.332. The molecule has 1 unspecified atom stereocenters. The summed E-state index contributed by atoms with van der Waals surface area (Å²) in [6.45, 7) is 0. The fraction of sp³-hybridized carbons (Fsp3) is 0.333. The van der Waals surface area contributed by atoms with Crippen LogP contribution in [-0.2, 0) is 4.79 Å². The Morgan fingerprint density at radius 2 is 2.29 bits per heavy atom. The highest BCUT2D eigenvalue weighted by Crippen LogP contribution is 2.18. The van der Waals surface area contributed by atoms with Crippen molar-refractivity contribution in [2.75, 3.05) is 0 Å². The van der Waals surface area contributed by atoms with Gasteiger partial charge in [-0.2, -0.15) is 0 Å². The topological polar surface area (TPSA) is 54.4 Å².